The van der Waals surface area contributed by atoms with Crippen molar-refractivity contribution in [3.63, 3.8) is 0 Å². The Labute approximate surface area is 144 Å². The molecule has 0 atom stereocenters. The lowest BCUT2D eigenvalue weighted by Crippen LogP contribution is -2.48. The third kappa shape index (κ3) is 4.98. The highest BCUT2D eigenvalue weighted by molar-refractivity contribution is 5.79. The summed E-state index contributed by atoms with van der Waals surface area (Å²) in [6.45, 7) is 7.25. The number of carbonyl (C=O) groups is 2. The molecule has 0 bridgehead atoms. The molecule has 1 aromatic rings. The van der Waals surface area contributed by atoms with Gasteiger partial charge in [-0.3, -0.25) is 9.59 Å². The van der Waals surface area contributed by atoms with Crippen molar-refractivity contribution in [2.75, 3.05) is 19.7 Å². The van der Waals surface area contributed by atoms with Crippen molar-refractivity contribution in [3.8, 4) is 5.75 Å². The maximum Gasteiger partial charge on any atom is 0.260 e. The first kappa shape index (κ1) is 18.3. The number of hydrogen-bond acceptors (Lipinski definition) is 3. The molecule has 0 radical (unpaired) electrons. The molecule has 5 nitrogen and oxygen atoms in total. The fourth-order valence-corrected chi connectivity index (χ4v) is 2.81. The minimum absolute atomic E-state index is 0.00306. The number of aryl methyl sites for hydroxylation is 1. The number of para-hydroxylation sites is 1. The van der Waals surface area contributed by atoms with Crippen LogP contribution in [0, 0.1) is 5.92 Å². The molecule has 0 spiro atoms. The number of nitrogens with zero attached hydrogens (tertiary/aromatic N) is 1. The van der Waals surface area contributed by atoms with Gasteiger partial charge in [-0.05, 0) is 30.9 Å². The lowest BCUT2D eigenvalue weighted by atomic mass is 10.0. The highest BCUT2D eigenvalue weighted by Gasteiger charge is 2.24. The molecular formula is C19H28N2O3. The first-order chi connectivity index (χ1) is 11.5. The van der Waals surface area contributed by atoms with Gasteiger partial charge in [-0.2, -0.15) is 0 Å². The van der Waals surface area contributed by atoms with Crippen LogP contribution in [0.15, 0.2) is 24.3 Å². The normalized spacial score (nSPS) is 15.4. The molecule has 1 aliphatic heterocycles. The van der Waals surface area contributed by atoms with E-state index >= 15 is 0 Å². The Balaban J connectivity index is 1.78. The van der Waals surface area contributed by atoms with E-state index in [9.17, 15) is 9.59 Å². The Morgan fingerprint density at radius 1 is 1.25 bits per heavy atom. The van der Waals surface area contributed by atoms with Gasteiger partial charge in [-0.15, -0.1) is 0 Å². The minimum atomic E-state index is -0.00306. The standard InChI is InChI=1S/C19H28N2O3/c1-4-15-7-5-6-8-17(15)24-13-18(22)21-11-9-16(10-12-21)20-19(23)14(2)3/h5-8,14,16H,4,9-13H2,1-3H3,(H,20,23). The monoisotopic (exact) mass is 332 g/mol. The summed E-state index contributed by atoms with van der Waals surface area (Å²) >= 11 is 0. The average molecular weight is 332 g/mol. The number of nitrogens with one attached hydrogen (secondary N) is 1. The van der Waals surface area contributed by atoms with Crippen molar-refractivity contribution in [2.24, 2.45) is 5.92 Å². The Hall–Kier alpha value is -2.04. The van der Waals surface area contributed by atoms with Crippen LogP contribution in [0.3, 0.4) is 0 Å². The molecule has 5 heteroatoms. The SMILES string of the molecule is CCc1ccccc1OCC(=O)N1CCC(NC(=O)C(C)C)CC1. The number of likely N-dealkylation sites (tertiary alicyclic amines) is 1. The molecule has 0 unspecified atom stereocenters. The van der Waals surface area contributed by atoms with E-state index in [1.165, 1.54) is 0 Å². The van der Waals surface area contributed by atoms with E-state index in [2.05, 4.69) is 12.2 Å². The number of rotatable bonds is 6. The zero-order chi connectivity index (χ0) is 17.5. The van der Waals surface area contributed by atoms with Crippen molar-refractivity contribution in [3.05, 3.63) is 29.8 Å². The van der Waals surface area contributed by atoms with Gasteiger partial charge in [0.2, 0.25) is 5.91 Å². The molecule has 0 aromatic heterocycles. The van der Waals surface area contributed by atoms with Crippen LogP contribution in [0.1, 0.15) is 39.2 Å². The summed E-state index contributed by atoms with van der Waals surface area (Å²) in [7, 11) is 0. The van der Waals surface area contributed by atoms with Crippen molar-refractivity contribution in [1.82, 2.24) is 10.2 Å². The van der Waals surface area contributed by atoms with Crippen molar-refractivity contribution < 1.29 is 14.3 Å². The molecule has 24 heavy (non-hydrogen) atoms. The largest absolute Gasteiger partial charge is 0.483 e. The van der Waals surface area contributed by atoms with Crippen LogP contribution in [0.2, 0.25) is 0 Å². The van der Waals surface area contributed by atoms with E-state index in [4.69, 9.17) is 4.74 Å². The fourth-order valence-electron chi connectivity index (χ4n) is 2.81. The molecule has 1 N–H and O–H groups in total. The zero-order valence-corrected chi connectivity index (χ0v) is 14.9. The number of piperidine rings is 1. The third-order valence-electron chi connectivity index (χ3n) is 4.42. The third-order valence-corrected chi connectivity index (χ3v) is 4.42. The fraction of sp³-hybridized carbons (Fsp3) is 0.579. The molecule has 0 saturated carbocycles. The number of carbonyl (C=O) groups excluding carboxylic acids is 2. The van der Waals surface area contributed by atoms with Crippen molar-refractivity contribution in [1.29, 1.82) is 0 Å². The van der Waals surface area contributed by atoms with E-state index in [1.54, 1.807) is 0 Å². The van der Waals surface area contributed by atoms with Gasteiger partial charge in [0.05, 0.1) is 0 Å². The second-order valence-electron chi connectivity index (χ2n) is 6.57. The molecule has 1 saturated heterocycles. The molecule has 1 fully saturated rings. The van der Waals surface area contributed by atoms with Crippen LogP contribution in [-0.4, -0.2) is 42.5 Å². The van der Waals surface area contributed by atoms with Crippen LogP contribution in [0.4, 0.5) is 0 Å². The number of ether oxygens (including phenoxy) is 1. The van der Waals surface area contributed by atoms with Gasteiger partial charge in [0.25, 0.3) is 5.91 Å². The highest BCUT2D eigenvalue weighted by Crippen LogP contribution is 2.18. The number of amides is 2. The molecule has 1 aromatic carbocycles. The summed E-state index contributed by atoms with van der Waals surface area (Å²) in [5.74, 6) is 0.873. The Morgan fingerprint density at radius 3 is 2.54 bits per heavy atom. The first-order valence-corrected chi connectivity index (χ1v) is 8.80. The summed E-state index contributed by atoms with van der Waals surface area (Å²) in [4.78, 5) is 25.9. The van der Waals surface area contributed by atoms with Gasteiger partial charge in [-0.25, -0.2) is 0 Å². The molecule has 0 aliphatic carbocycles. The van der Waals surface area contributed by atoms with Gasteiger partial charge in [0.1, 0.15) is 5.75 Å². The van der Waals surface area contributed by atoms with Crippen molar-refractivity contribution in [2.45, 2.75) is 46.1 Å². The maximum absolute atomic E-state index is 12.3. The van der Waals surface area contributed by atoms with E-state index < -0.39 is 0 Å². The predicted molar refractivity (Wildman–Crippen MR) is 93.9 cm³/mol. The topological polar surface area (TPSA) is 58.6 Å². The molecule has 2 rings (SSSR count). The molecule has 2 amide bonds. The Bertz CT molecular complexity index is 563. The average Bonchev–Trinajstić information content (AvgIpc) is 2.60. The van der Waals surface area contributed by atoms with Gasteiger partial charge < -0.3 is 15.0 Å². The van der Waals surface area contributed by atoms with Crippen LogP contribution < -0.4 is 10.1 Å². The number of benzene rings is 1. The maximum atomic E-state index is 12.3. The van der Waals surface area contributed by atoms with Crippen LogP contribution in [-0.2, 0) is 16.0 Å². The molecular weight excluding hydrogens is 304 g/mol. The summed E-state index contributed by atoms with van der Waals surface area (Å²) in [6.07, 6.45) is 2.48. The smallest absolute Gasteiger partial charge is 0.260 e. The summed E-state index contributed by atoms with van der Waals surface area (Å²) < 4.78 is 5.70. The summed E-state index contributed by atoms with van der Waals surface area (Å²) in [5.41, 5.74) is 1.11. The second kappa shape index (κ2) is 8.71. The van der Waals surface area contributed by atoms with Crippen LogP contribution >= 0.6 is 0 Å². The van der Waals surface area contributed by atoms with Crippen LogP contribution in [0.5, 0.6) is 5.75 Å². The lowest BCUT2D eigenvalue weighted by Gasteiger charge is -2.32. The zero-order valence-electron chi connectivity index (χ0n) is 14.9. The number of hydrogen-bond donors (Lipinski definition) is 1. The van der Waals surface area contributed by atoms with E-state index in [1.807, 2.05) is 43.0 Å². The van der Waals surface area contributed by atoms with E-state index in [0.717, 1.165) is 30.6 Å². The summed E-state index contributed by atoms with van der Waals surface area (Å²) in [5, 5.41) is 3.04. The van der Waals surface area contributed by atoms with Gasteiger partial charge in [-0.1, -0.05) is 39.0 Å². The van der Waals surface area contributed by atoms with Crippen LogP contribution in [0.25, 0.3) is 0 Å². The first-order valence-electron chi connectivity index (χ1n) is 8.80. The highest BCUT2D eigenvalue weighted by atomic mass is 16.5. The quantitative estimate of drug-likeness (QED) is 0.870. The van der Waals surface area contributed by atoms with Crippen molar-refractivity contribution >= 4 is 11.8 Å². The Morgan fingerprint density at radius 2 is 1.92 bits per heavy atom. The van der Waals surface area contributed by atoms with E-state index in [0.29, 0.717) is 13.1 Å². The molecule has 1 heterocycles. The van der Waals surface area contributed by atoms with E-state index in [-0.39, 0.29) is 30.4 Å². The predicted octanol–water partition coefficient (Wildman–Crippen LogP) is 2.39. The minimum Gasteiger partial charge on any atom is -0.483 e. The molecule has 132 valence electrons. The van der Waals surface area contributed by atoms with Gasteiger partial charge >= 0.3 is 0 Å². The lowest BCUT2D eigenvalue weighted by molar-refractivity contribution is -0.134. The molecule has 1 aliphatic rings. The second-order valence-corrected chi connectivity index (χ2v) is 6.57. The Kier molecular flexibility index (Phi) is 6.64. The summed E-state index contributed by atoms with van der Waals surface area (Å²) in [6, 6.07) is 7.99. The van der Waals surface area contributed by atoms with Gasteiger partial charge in [0.15, 0.2) is 6.61 Å². The van der Waals surface area contributed by atoms with Gasteiger partial charge in [0, 0.05) is 25.0 Å².